The van der Waals surface area contributed by atoms with E-state index in [0.717, 1.165) is 6.54 Å². The second-order valence-electron chi connectivity index (χ2n) is 6.56. The number of halogens is 1. The lowest BCUT2D eigenvalue weighted by atomic mass is 9.88. The van der Waals surface area contributed by atoms with Gasteiger partial charge in [0.1, 0.15) is 5.88 Å². The maximum atomic E-state index is 12.1. The molecule has 1 aliphatic heterocycles. The Morgan fingerprint density at radius 3 is 2.52 bits per heavy atom. The van der Waals surface area contributed by atoms with Crippen molar-refractivity contribution in [3.8, 4) is 0 Å². The summed E-state index contributed by atoms with van der Waals surface area (Å²) in [6, 6.07) is 0. The van der Waals surface area contributed by atoms with Crippen molar-refractivity contribution in [2.75, 3.05) is 32.2 Å². The maximum Gasteiger partial charge on any atom is 0.237 e. The molecule has 21 heavy (non-hydrogen) atoms. The number of nitrogens with zero attached hydrogens (tertiary/aromatic N) is 1. The third-order valence-corrected chi connectivity index (χ3v) is 5.17. The summed E-state index contributed by atoms with van der Waals surface area (Å²) in [7, 11) is 0. The van der Waals surface area contributed by atoms with E-state index in [2.05, 4.69) is 0 Å². The second kappa shape index (κ2) is 8.35. The first-order chi connectivity index (χ1) is 10.1. The Kier molecular flexibility index (Phi) is 6.77. The molecule has 2 fully saturated rings. The van der Waals surface area contributed by atoms with Crippen molar-refractivity contribution in [1.29, 1.82) is 0 Å². The number of aliphatic hydroxyl groups is 1. The fourth-order valence-corrected chi connectivity index (χ4v) is 3.60. The summed E-state index contributed by atoms with van der Waals surface area (Å²) in [6.07, 6.45) is 8.25. The molecule has 5 heteroatoms. The van der Waals surface area contributed by atoms with E-state index in [0.29, 0.717) is 44.9 Å². The molecule has 122 valence electrons. The Labute approximate surface area is 132 Å². The summed E-state index contributed by atoms with van der Waals surface area (Å²) in [5.41, 5.74) is -0.671. The molecule has 0 unspecified atom stereocenters. The third-order valence-electron chi connectivity index (χ3n) is 4.94. The molecule has 0 atom stereocenters. The van der Waals surface area contributed by atoms with Crippen LogP contribution in [-0.2, 0) is 9.53 Å². The predicted molar refractivity (Wildman–Crippen MR) is 83.5 cm³/mol. The Morgan fingerprint density at radius 1 is 1.24 bits per heavy atom. The van der Waals surface area contributed by atoms with E-state index in [1.165, 1.54) is 32.1 Å². The van der Waals surface area contributed by atoms with Gasteiger partial charge in [0.15, 0.2) is 0 Å². The van der Waals surface area contributed by atoms with Crippen molar-refractivity contribution in [2.24, 2.45) is 5.92 Å². The molecule has 1 saturated carbocycles. The van der Waals surface area contributed by atoms with Gasteiger partial charge in [-0.2, -0.15) is 0 Å². The van der Waals surface area contributed by atoms with Gasteiger partial charge < -0.3 is 14.7 Å². The number of amides is 1. The van der Waals surface area contributed by atoms with Gasteiger partial charge in [0.25, 0.3) is 0 Å². The Hall–Kier alpha value is -0.320. The minimum atomic E-state index is -0.671. The maximum absolute atomic E-state index is 12.1. The minimum absolute atomic E-state index is 0.00194. The molecule has 1 saturated heterocycles. The van der Waals surface area contributed by atoms with Gasteiger partial charge in [-0.15, -0.1) is 11.6 Å². The quantitative estimate of drug-likeness (QED) is 0.766. The standard InChI is InChI=1S/C16H28ClNO3/c17-12-15(19)18(13-14-4-2-1-3-5-14)9-6-16(20)7-10-21-11-8-16/h14,20H,1-13H2. The molecule has 4 nitrogen and oxygen atoms in total. The van der Waals surface area contributed by atoms with Gasteiger partial charge in [0.2, 0.25) is 5.91 Å². The number of carbonyl (C=O) groups is 1. The van der Waals surface area contributed by atoms with Crippen LogP contribution in [0.1, 0.15) is 51.4 Å². The van der Waals surface area contributed by atoms with Crippen molar-refractivity contribution < 1.29 is 14.6 Å². The average Bonchev–Trinajstić information content (AvgIpc) is 2.52. The van der Waals surface area contributed by atoms with Gasteiger partial charge in [-0.05, 0) is 38.0 Å². The molecule has 1 heterocycles. The zero-order valence-electron chi connectivity index (χ0n) is 12.9. The average molecular weight is 318 g/mol. The van der Waals surface area contributed by atoms with Gasteiger partial charge in [0, 0.05) is 26.3 Å². The lowest BCUT2D eigenvalue weighted by Gasteiger charge is -2.35. The zero-order chi connectivity index (χ0) is 15.1. The first-order valence-electron chi connectivity index (χ1n) is 8.27. The summed E-state index contributed by atoms with van der Waals surface area (Å²) in [5.74, 6) is 0.641. The van der Waals surface area contributed by atoms with E-state index in [1.807, 2.05) is 4.90 Å². The molecular formula is C16H28ClNO3. The second-order valence-corrected chi connectivity index (χ2v) is 6.83. The van der Waals surface area contributed by atoms with Crippen LogP contribution in [0.5, 0.6) is 0 Å². The van der Waals surface area contributed by atoms with E-state index < -0.39 is 5.60 Å². The van der Waals surface area contributed by atoms with Crippen LogP contribution in [0.2, 0.25) is 0 Å². The fourth-order valence-electron chi connectivity index (χ4n) is 3.43. The summed E-state index contributed by atoms with van der Waals surface area (Å²) < 4.78 is 5.30. The molecular weight excluding hydrogens is 290 g/mol. The van der Waals surface area contributed by atoms with Crippen LogP contribution in [0.3, 0.4) is 0 Å². The monoisotopic (exact) mass is 317 g/mol. The number of hydrogen-bond acceptors (Lipinski definition) is 3. The molecule has 0 aromatic carbocycles. The topological polar surface area (TPSA) is 49.8 Å². The largest absolute Gasteiger partial charge is 0.390 e. The third kappa shape index (κ3) is 5.42. The lowest BCUT2D eigenvalue weighted by Crippen LogP contribution is -2.43. The lowest BCUT2D eigenvalue weighted by molar-refractivity contribution is -0.131. The SMILES string of the molecule is O=C(CCl)N(CCC1(O)CCOCC1)CC1CCCCC1. The van der Waals surface area contributed by atoms with E-state index >= 15 is 0 Å². The number of carbonyl (C=O) groups excluding carboxylic acids is 1. The molecule has 1 amide bonds. The summed E-state index contributed by atoms with van der Waals surface area (Å²) in [4.78, 5) is 13.9. The number of rotatable bonds is 6. The van der Waals surface area contributed by atoms with E-state index in [-0.39, 0.29) is 11.8 Å². The smallest absolute Gasteiger partial charge is 0.237 e. The molecule has 0 spiro atoms. The summed E-state index contributed by atoms with van der Waals surface area (Å²) in [5, 5.41) is 10.5. The van der Waals surface area contributed by atoms with E-state index in [1.54, 1.807) is 0 Å². The van der Waals surface area contributed by atoms with Crippen LogP contribution >= 0.6 is 11.6 Å². The molecule has 2 aliphatic rings. The van der Waals surface area contributed by atoms with Gasteiger partial charge in [0.05, 0.1) is 5.60 Å². The van der Waals surface area contributed by atoms with Crippen molar-refractivity contribution >= 4 is 17.5 Å². The molecule has 0 aromatic rings. The highest BCUT2D eigenvalue weighted by Gasteiger charge is 2.31. The van der Waals surface area contributed by atoms with Crippen LogP contribution in [0, 0.1) is 5.92 Å². The van der Waals surface area contributed by atoms with Crippen molar-refractivity contribution in [3.63, 3.8) is 0 Å². The number of ether oxygens (including phenoxy) is 1. The Bertz CT molecular complexity index is 325. The highest BCUT2D eigenvalue weighted by atomic mass is 35.5. The van der Waals surface area contributed by atoms with Crippen LogP contribution < -0.4 is 0 Å². The highest BCUT2D eigenvalue weighted by molar-refractivity contribution is 6.27. The zero-order valence-corrected chi connectivity index (χ0v) is 13.6. The summed E-state index contributed by atoms with van der Waals surface area (Å²) in [6.45, 7) is 2.64. The van der Waals surface area contributed by atoms with Crippen LogP contribution in [0.15, 0.2) is 0 Å². The van der Waals surface area contributed by atoms with Gasteiger partial charge in [-0.25, -0.2) is 0 Å². The first-order valence-corrected chi connectivity index (χ1v) is 8.80. The molecule has 1 N–H and O–H groups in total. The molecule has 0 bridgehead atoms. The fraction of sp³-hybridized carbons (Fsp3) is 0.938. The highest BCUT2D eigenvalue weighted by Crippen LogP contribution is 2.27. The Balaban J connectivity index is 1.84. The first kappa shape index (κ1) is 17.0. The van der Waals surface area contributed by atoms with E-state index in [9.17, 15) is 9.90 Å². The van der Waals surface area contributed by atoms with Crippen LogP contribution in [0.25, 0.3) is 0 Å². The van der Waals surface area contributed by atoms with Gasteiger partial charge in [-0.3, -0.25) is 4.79 Å². The minimum Gasteiger partial charge on any atom is -0.390 e. The van der Waals surface area contributed by atoms with Crippen molar-refractivity contribution in [2.45, 2.75) is 57.0 Å². The van der Waals surface area contributed by atoms with Crippen molar-refractivity contribution in [3.05, 3.63) is 0 Å². The number of alkyl halides is 1. The summed E-state index contributed by atoms with van der Waals surface area (Å²) >= 11 is 5.75. The normalized spacial score (nSPS) is 23.0. The number of hydrogen-bond donors (Lipinski definition) is 1. The van der Waals surface area contributed by atoms with Crippen molar-refractivity contribution in [1.82, 2.24) is 4.90 Å². The van der Waals surface area contributed by atoms with E-state index in [4.69, 9.17) is 16.3 Å². The molecule has 0 radical (unpaired) electrons. The Morgan fingerprint density at radius 2 is 1.90 bits per heavy atom. The van der Waals surface area contributed by atoms with Gasteiger partial charge >= 0.3 is 0 Å². The molecule has 0 aromatic heterocycles. The van der Waals surface area contributed by atoms with Gasteiger partial charge in [-0.1, -0.05) is 19.3 Å². The molecule has 2 rings (SSSR count). The van der Waals surface area contributed by atoms with Crippen LogP contribution in [0.4, 0.5) is 0 Å². The van der Waals surface area contributed by atoms with Crippen LogP contribution in [-0.4, -0.2) is 53.7 Å². The predicted octanol–water partition coefficient (Wildman–Crippen LogP) is 2.57. The molecule has 1 aliphatic carbocycles.